The van der Waals surface area contributed by atoms with Crippen LogP contribution in [0.15, 0.2) is 33.6 Å². The van der Waals surface area contributed by atoms with Crippen LogP contribution in [0.25, 0.3) is 0 Å². The first kappa shape index (κ1) is 22.3. The van der Waals surface area contributed by atoms with Crippen molar-refractivity contribution >= 4 is 44.3 Å². The molecule has 1 aromatic rings. The van der Waals surface area contributed by atoms with Crippen molar-refractivity contribution in [1.29, 1.82) is 0 Å². The molecule has 6 nitrogen and oxygen atoms in total. The Kier molecular flexibility index (Phi) is 9.95. The van der Waals surface area contributed by atoms with Crippen LogP contribution >= 0.6 is 28.3 Å². The van der Waals surface area contributed by atoms with E-state index in [0.717, 1.165) is 15.3 Å². The van der Waals surface area contributed by atoms with E-state index in [2.05, 4.69) is 26.6 Å². The molecular formula is C14H23BrClN3O3S. The normalized spacial score (nSPS) is 12.6. The summed E-state index contributed by atoms with van der Waals surface area (Å²) in [5.41, 5.74) is 0. The number of nitrogens with zero attached hydrogens (tertiary/aromatic N) is 1. The van der Waals surface area contributed by atoms with Crippen LogP contribution in [0.5, 0.6) is 0 Å². The van der Waals surface area contributed by atoms with E-state index in [0.29, 0.717) is 6.54 Å². The predicted molar refractivity (Wildman–Crippen MR) is 97.4 cm³/mol. The van der Waals surface area contributed by atoms with Crippen LogP contribution in [0.2, 0.25) is 0 Å². The highest BCUT2D eigenvalue weighted by Crippen LogP contribution is 2.17. The second kappa shape index (κ2) is 10.2. The van der Waals surface area contributed by atoms with Crippen molar-refractivity contribution in [1.82, 2.24) is 14.9 Å². The summed E-state index contributed by atoms with van der Waals surface area (Å²) >= 11 is 3.26. The fraction of sp³-hybridized carbons (Fsp3) is 0.500. The Morgan fingerprint density at radius 1 is 1.30 bits per heavy atom. The number of hydrogen-bond donors (Lipinski definition) is 2. The number of benzene rings is 1. The van der Waals surface area contributed by atoms with E-state index in [9.17, 15) is 13.2 Å². The van der Waals surface area contributed by atoms with E-state index in [1.807, 2.05) is 13.8 Å². The highest BCUT2D eigenvalue weighted by atomic mass is 79.9. The number of sulfonamides is 1. The molecule has 0 aliphatic carbocycles. The van der Waals surface area contributed by atoms with Crippen LogP contribution < -0.4 is 10.6 Å². The standard InChI is InChI=1S/C14H22BrN3O3S.ClH/c1-4-16-11(2)9-17-14(19)10-18(3)22(20,21)13-7-5-12(15)6-8-13;/h5-8,11,16H,4,9-10H2,1-3H3,(H,17,19);1H/t11-;/m1./s1. The van der Waals surface area contributed by atoms with Gasteiger partial charge >= 0.3 is 0 Å². The van der Waals surface area contributed by atoms with Crippen molar-refractivity contribution in [3.05, 3.63) is 28.7 Å². The smallest absolute Gasteiger partial charge is 0.243 e. The third-order valence-electron chi connectivity index (χ3n) is 3.05. The lowest BCUT2D eigenvalue weighted by Crippen LogP contribution is -2.43. The molecule has 0 unspecified atom stereocenters. The summed E-state index contributed by atoms with van der Waals surface area (Å²) in [6.45, 7) is 4.99. The van der Waals surface area contributed by atoms with Gasteiger partial charge in [-0.15, -0.1) is 12.4 Å². The molecule has 1 amide bonds. The maximum absolute atomic E-state index is 12.3. The van der Waals surface area contributed by atoms with E-state index >= 15 is 0 Å². The van der Waals surface area contributed by atoms with Crippen LogP contribution in [-0.4, -0.2) is 51.4 Å². The highest BCUT2D eigenvalue weighted by molar-refractivity contribution is 9.10. The number of hydrogen-bond acceptors (Lipinski definition) is 4. The Bertz CT molecular complexity index is 596. The second-order valence-electron chi connectivity index (χ2n) is 4.98. The molecule has 0 saturated carbocycles. The number of likely N-dealkylation sites (N-methyl/N-ethyl adjacent to an activating group) is 2. The Balaban J connectivity index is 0.00000484. The molecule has 1 rings (SSSR count). The number of carbonyl (C=O) groups excluding carboxylic acids is 1. The zero-order valence-corrected chi connectivity index (χ0v) is 16.6. The van der Waals surface area contributed by atoms with Gasteiger partial charge in [-0.05, 0) is 37.7 Å². The van der Waals surface area contributed by atoms with Gasteiger partial charge in [0.1, 0.15) is 0 Å². The molecule has 23 heavy (non-hydrogen) atoms. The molecule has 9 heteroatoms. The van der Waals surface area contributed by atoms with E-state index in [-0.39, 0.29) is 35.8 Å². The summed E-state index contributed by atoms with van der Waals surface area (Å²) < 4.78 is 26.5. The van der Waals surface area contributed by atoms with Crippen LogP contribution in [-0.2, 0) is 14.8 Å². The molecule has 1 atom stereocenters. The summed E-state index contributed by atoms with van der Waals surface area (Å²) in [6.07, 6.45) is 0. The Morgan fingerprint density at radius 2 is 1.87 bits per heavy atom. The first-order valence-corrected chi connectivity index (χ1v) is 9.22. The van der Waals surface area contributed by atoms with Gasteiger partial charge < -0.3 is 10.6 Å². The average molecular weight is 429 g/mol. The minimum atomic E-state index is -3.66. The van der Waals surface area contributed by atoms with Gasteiger partial charge in [-0.1, -0.05) is 22.9 Å². The zero-order valence-electron chi connectivity index (χ0n) is 13.4. The van der Waals surface area contributed by atoms with Gasteiger partial charge in [0.05, 0.1) is 11.4 Å². The van der Waals surface area contributed by atoms with Crippen molar-refractivity contribution in [2.75, 3.05) is 26.7 Å². The summed E-state index contributed by atoms with van der Waals surface area (Å²) in [5, 5.41) is 5.88. The average Bonchev–Trinajstić information content (AvgIpc) is 2.46. The Labute approximate surface area is 152 Å². The van der Waals surface area contributed by atoms with Crippen molar-refractivity contribution in [3.63, 3.8) is 0 Å². The fourth-order valence-corrected chi connectivity index (χ4v) is 3.21. The highest BCUT2D eigenvalue weighted by Gasteiger charge is 2.22. The zero-order chi connectivity index (χ0) is 16.8. The quantitative estimate of drug-likeness (QED) is 0.659. The molecule has 0 aliphatic heterocycles. The van der Waals surface area contributed by atoms with Crippen molar-refractivity contribution in [2.24, 2.45) is 0 Å². The summed E-state index contributed by atoms with van der Waals surface area (Å²) in [7, 11) is -2.27. The molecule has 0 aliphatic rings. The minimum absolute atomic E-state index is 0. The van der Waals surface area contributed by atoms with Crippen LogP contribution in [0, 0.1) is 0 Å². The Morgan fingerprint density at radius 3 is 2.39 bits per heavy atom. The number of nitrogens with one attached hydrogen (secondary N) is 2. The SMILES string of the molecule is CCN[C@H](C)CNC(=O)CN(C)S(=O)(=O)c1ccc(Br)cc1.Cl. The van der Waals surface area contributed by atoms with Crippen molar-refractivity contribution in [2.45, 2.75) is 24.8 Å². The Hall–Kier alpha value is -0.670. The van der Waals surface area contributed by atoms with Crippen LogP contribution in [0.3, 0.4) is 0 Å². The molecule has 0 bridgehead atoms. The lowest BCUT2D eigenvalue weighted by molar-refractivity contribution is -0.121. The van der Waals surface area contributed by atoms with Gasteiger partial charge in [0, 0.05) is 24.1 Å². The fourth-order valence-electron chi connectivity index (χ4n) is 1.82. The lowest BCUT2D eigenvalue weighted by atomic mass is 10.3. The number of amides is 1. The second-order valence-corrected chi connectivity index (χ2v) is 7.94. The lowest BCUT2D eigenvalue weighted by Gasteiger charge is -2.18. The molecular weight excluding hydrogens is 406 g/mol. The first-order chi connectivity index (χ1) is 10.3. The van der Waals surface area contributed by atoms with Gasteiger partial charge in [-0.2, -0.15) is 4.31 Å². The number of rotatable bonds is 8. The van der Waals surface area contributed by atoms with Gasteiger partial charge in [0.25, 0.3) is 0 Å². The maximum atomic E-state index is 12.3. The van der Waals surface area contributed by atoms with E-state index < -0.39 is 10.0 Å². The van der Waals surface area contributed by atoms with Gasteiger partial charge in [0.15, 0.2) is 0 Å². The predicted octanol–water partition coefficient (Wildman–Crippen LogP) is 1.61. The topological polar surface area (TPSA) is 78.5 Å². The molecule has 2 N–H and O–H groups in total. The molecule has 1 aromatic carbocycles. The number of halogens is 2. The van der Waals surface area contributed by atoms with Gasteiger partial charge in [-0.3, -0.25) is 4.79 Å². The maximum Gasteiger partial charge on any atom is 0.243 e. The van der Waals surface area contributed by atoms with Gasteiger partial charge in [-0.25, -0.2) is 8.42 Å². The number of carbonyl (C=O) groups is 1. The monoisotopic (exact) mass is 427 g/mol. The molecule has 0 spiro atoms. The van der Waals surface area contributed by atoms with Crippen molar-refractivity contribution < 1.29 is 13.2 Å². The van der Waals surface area contributed by atoms with Crippen LogP contribution in [0.1, 0.15) is 13.8 Å². The largest absolute Gasteiger partial charge is 0.353 e. The third-order valence-corrected chi connectivity index (χ3v) is 5.39. The summed E-state index contributed by atoms with van der Waals surface area (Å²) in [5.74, 6) is -0.326. The summed E-state index contributed by atoms with van der Waals surface area (Å²) in [4.78, 5) is 12.0. The third kappa shape index (κ3) is 7.17. The molecule has 0 fully saturated rings. The molecule has 0 radical (unpaired) electrons. The molecule has 0 saturated heterocycles. The van der Waals surface area contributed by atoms with Gasteiger partial charge in [0.2, 0.25) is 15.9 Å². The minimum Gasteiger partial charge on any atom is -0.353 e. The molecule has 132 valence electrons. The van der Waals surface area contributed by atoms with E-state index in [4.69, 9.17) is 0 Å². The first-order valence-electron chi connectivity index (χ1n) is 6.99. The molecule has 0 heterocycles. The van der Waals surface area contributed by atoms with Crippen molar-refractivity contribution in [3.8, 4) is 0 Å². The summed E-state index contributed by atoms with van der Waals surface area (Å²) in [6, 6.07) is 6.45. The molecule has 0 aromatic heterocycles. The van der Waals surface area contributed by atoms with Crippen LogP contribution in [0.4, 0.5) is 0 Å². The van der Waals surface area contributed by atoms with E-state index in [1.165, 1.54) is 19.2 Å². The van der Waals surface area contributed by atoms with E-state index in [1.54, 1.807) is 12.1 Å².